The molecule has 0 saturated carbocycles. The number of aliphatic carboxylic acids is 1. The minimum atomic E-state index is -4.46. The zero-order valence-electron chi connectivity index (χ0n) is 33.0. The molecule has 0 fully saturated rings. The molecule has 0 aliphatic carbocycles. The number of ether oxygens (including phenoxy) is 2. The molecule has 0 bridgehead atoms. The van der Waals surface area contributed by atoms with E-state index < -0.39 is 44.9 Å². The molecule has 0 radical (unpaired) electrons. The van der Waals surface area contributed by atoms with Gasteiger partial charge in [0.1, 0.15) is 13.2 Å². The summed E-state index contributed by atoms with van der Waals surface area (Å²) < 4.78 is 27.9. The minimum Gasteiger partial charge on any atom is -0.480 e. The lowest BCUT2D eigenvalue weighted by molar-refractivity contribution is -0.161. The van der Waals surface area contributed by atoms with Crippen LogP contribution >= 0.6 is 7.75 Å². The van der Waals surface area contributed by atoms with Crippen LogP contribution in [0.1, 0.15) is 194 Å². The van der Waals surface area contributed by atoms with E-state index in [1.165, 1.54) is 83.5 Å². The maximum absolute atomic E-state index is 12.5. The van der Waals surface area contributed by atoms with Gasteiger partial charge in [-0.3, -0.25) is 18.9 Å². The molecule has 10 nitrogen and oxygen atoms in total. The second kappa shape index (κ2) is 37.3. The van der Waals surface area contributed by atoms with E-state index in [2.05, 4.69) is 38.2 Å². The summed E-state index contributed by atoms with van der Waals surface area (Å²) in [6.07, 6.45) is 38.4. The van der Waals surface area contributed by atoms with E-state index in [9.17, 15) is 23.8 Å². The van der Waals surface area contributed by atoms with Crippen molar-refractivity contribution in [1.82, 2.24) is 5.09 Å². The quantitative estimate of drug-likeness (QED) is 0.0239. The average Bonchev–Trinajstić information content (AvgIpc) is 3.12. The maximum atomic E-state index is 12.5. The first-order valence-electron chi connectivity index (χ1n) is 20.8. The monoisotopic (exact) mass is 758 g/mol. The average molecular weight is 758 g/mol. The second-order valence-corrected chi connectivity index (χ2v) is 15.6. The van der Waals surface area contributed by atoms with Gasteiger partial charge in [-0.1, -0.05) is 141 Å². The SMILES string of the molecule is CCCCCCCCC=CCCCCCCCC(=O)OC[C@H](COP(=O)(O)NCC(=O)O)OC(=O)CCCCCCCC=CCCCCCCCC. The van der Waals surface area contributed by atoms with Gasteiger partial charge in [0.2, 0.25) is 0 Å². The molecule has 11 heteroatoms. The fourth-order valence-corrected chi connectivity index (χ4v) is 6.49. The van der Waals surface area contributed by atoms with E-state index in [1.807, 2.05) is 5.09 Å². The molecule has 0 spiro atoms. The Morgan fingerprint density at radius 1 is 0.577 bits per heavy atom. The van der Waals surface area contributed by atoms with Crippen LogP contribution in [0, 0.1) is 0 Å². The van der Waals surface area contributed by atoms with Crippen molar-refractivity contribution in [1.29, 1.82) is 0 Å². The molecule has 0 aromatic heterocycles. The van der Waals surface area contributed by atoms with Crippen molar-refractivity contribution >= 4 is 25.7 Å². The van der Waals surface area contributed by atoms with Gasteiger partial charge in [-0.25, -0.2) is 9.65 Å². The third-order valence-corrected chi connectivity index (χ3v) is 9.94. The predicted molar refractivity (Wildman–Crippen MR) is 211 cm³/mol. The Kier molecular flexibility index (Phi) is 35.9. The number of esters is 2. The summed E-state index contributed by atoms with van der Waals surface area (Å²) >= 11 is 0. The molecule has 0 aliphatic heterocycles. The highest BCUT2D eigenvalue weighted by atomic mass is 31.2. The van der Waals surface area contributed by atoms with E-state index in [0.717, 1.165) is 70.6 Å². The number of carbonyl (C=O) groups excluding carboxylic acids is 2. The number of hydrogen-bond acceptors (Lipinski definition) is 7. The lowest BCUT2D eigenvalue weighted by atomic mass is 10.1. The van der Waals surface area contributed by atoms with Crippen LogP contribution in [-0.4, -0.2) is 53.8 Å². The number of hydrogen-bond donors (Lipinski definition) is 3. The fourth-order valence-electron chi connectivity index (χ4n) is 5.70. The van der Waals surface area contributed by atoms with Crippen molar-refractivity contribution < 1.29 is 42.9 Å². The number of nitrogens with one attached hydrogen (secondary N) is 1. The summed E-state index contributed by atoms with van der Waals surface area (Å²) in [7, 11) is -4.46. The van der Waals surface area contributed by atoms with Crippen molar-refractivity contribution in [2.45, 2.75) is 200 Å². The van der Waals surface area contributed by atoms with Gasteiger partial charge in [0.15, 0.2) is 6.10 Å². The molecule has 304 valence electrons. The van der Waals surface area contributed by atoms with Gasteiger partial charge in [0.05, 0.1) is 6.61 Å². The van der Waals surface area contributed by atoms with Crippen molar-refractivity contribution in [2.24, 2.45) is 0 Å². The van der Waals surface area contributed by atoms with Crippen LogP contribution in [-0.2, 0) is 32.9 Å². The summed E-state index contributed by atoms with van der Waals surface area (Å²) in [4.78, 5) is 45.6. The highest BCUT2D eigenvalue weighted by Crippen LogP contribution is 2.36. The second-order valence-electron chi connectivity index (χ2n) is 14.0. The van der Waals surface area contributed by atoms with Crippen molar-refractivity contribution in [3.05, 3.63) is 24.3 Å². The molecule has 0 aliphatic rings. The Hall–Kier alpha value is -2.00. The molecule has 0 aromatic carbocycles. The zero-order chi connectivity index (χ0) is 38.4. The van der Waals surface area contributed by atoms with Crippen LogP contribution < -0.4 is 5.09 Å². The minimum absolute atomic E-state index is 0.172. The summed E-state index contributed by atoms with van der Waals surface area (Å²) in [5.74, 6) is -2.27. The van der Waals surface area contributed by atoms with E-state index in [1.54, 1.807) is 0 Å². The first-order valence-corrected chi connectivity index (χ1v) is 22.4. The molecule has 2 atom stereocenters. The molecule has 0 rings (SSSR count). The lowest BCUT2D eigenvalue weighted by Crippen LogP contribution is -2.31. The van der Waals surface area contributed by atoms with Crippen LogP contribution in [0.5, 0.6) is 0 Å². The van der Waals surface area contributed by atoms with Gasteiger partial charge in [0.25, 0.3) is 0 Å². The van der Waals surface area contributed by atoms with Crippen LogP contribution in [0.25, 0.3) is 0 Å². The normalized spacial score (nSPS) is 13.4. The molecule has 3 N–H and O–H groups in total. The summed E-state index contributed by atoms with van der Waals surface area (Å²) in [5, 5.41) is 10.7. The third kappa shape index (κ3) is 37.7. The van der Waals surface area contributed by atoms with Crippen LogP contribution in [0.4, 0.5) is 0 Å². The van der Waals surface area contributed by atoms with Gasteiger partial charge in [0, 0.05) is 12.8 Å². The Morgan fingerprint density at radius 3 is 1.38 bits per heavy atom. The highest BCUT2D eigenvalue weighted by molar-refractivity contribution is 7.50. The highest BCUT2D eigenvalue weighted by Gasteiger charge is 2.25. The number of carboxylic acid groups (broad SMARTS) is 1. The number of rotatable bonds is 39. The lowest BCUT2D eigenvalue weighted by Gasteiger charge is -2.20. The topological polar surface area (TPSA) is 148 Å². The summed E-state index contributed by atoms with van der Waals surface area (Å²) in [5.41, 5.74) is 0. The summed E-state index contributed by atoms with van der Waals surface area (Å²) in [6.45, 7) is 2.85. The Morgan fingerprint density at radius 2 is 0.962 bits per heavy atom. The number of unbranched alkanes of at least 4 members (excludes halogenated alkanes) is 22. The van der Waals surface area contributed by atoms with Gasteiger partial charge in [-0.2, -0.15) is 0 Å². The molecular weight excluding hydrogens is 681 g/mol. The van der Waals surface area contributed by atoms with Crippen molar-refractivity contribution in [3.8, 4) is 0 Å². The molecule has 0 amide bonds. The van der Waals surface area contributed by atoms with E-state index in [0.29, 0.717) is 12.8 Å². The molecule has 52 heavy (non-hydrogen) atoms. The largest absolute Gasteiger partial charge is 0.480 e. The molecule has 0 heterocycles. The fraction of sp³-hybridized carbons (Fsp3) is 0.829. The van der Waals surface area contributed by atoms with Gasteiger partial charge < -0.3 is 19.5 Å². The number of carboxylic acids is 1. The van der Waals surface area contributed by atoms with Crippen LogP contribution in [0.15, 0.2) is 24.3 Å². The summed E-state index contributed by atoms with van der Waals surface area (Å²) in [6, 6.07) is 0. The predicted octanol–water partition coefficient (Wildman–Crippen LogP) is 11.3. The van der Waals surface area contributed by atoms with Crippen LogP contribution in [0.3, 0.4) is 0 Å². The van der Waals surface area contributed by atoms with Crippen LogP contribution in [0.2, 0.25) is 0 Å². The zero-order valence-corrected chi connectivity index (χ0v) is 33.9. The number of carbonyl (C=O) groups is 3. The molecule has 0 aromatic rings. The van der Waals surface area contributed by atoms with Crippen molar-refractivity contribution in [3.63, 3.8) is 0 Å². The smallest absolute Gasteiger partial charge is 0.403 e. The first-order chi connectivity index (χ1) is 25.2. The van der Waals surface area contributed by atoms with E-state index in [4.69, 9.17) is 19.1 Å². The van der Waals surface area contributed by atoms with Gasteiger partial charge >= 0.3 is 25.7 Å². The Balaban J connectivity index is 4.27. The molecule has 0 saturated heterocycles. The van der Waals surface area contributed by atoms with E-state index in [-0.39, 0.29) is 19.4 Å². The maximum Gasteiger partial charge on any atom is 0.403 e. The first kappa shape index (κ1) is 50.0. The van der Waals surface area contributed by atoms with E-state index >= 15 is 0 Å². The van der Waals surface area contributed by atoms with Gasteiger partial charge in [-0.15, -0.1) is 0 Å². The Labute approximate surface area is 316 Å². The molecular formula is C41H76NO9P. The van der Waals surface area contributed by atoms with Gasteiger partial charge in [-0.05, 0) is 64.2 Å². The molecule has 1 unspecified atom stereocenters. The van der Waals surface area contributed by atoms with Crippen molar-refractivity contribution in [2.75, 3.05) is 19.8 Å². The third-order valence-electron chi connectivity index (χ3n) is 8.88. The number of allylic oxidation sites excluding steroid dienone is 4. The standard InChI is InChI=1S/C41H76NO9P/c1-3-5-7-9-11-13-15-17-19-21-23-25-27-29-31-33-40(45)49-36-38(37-50-52(47,48)42-35-39(43)44)51-41(46)34-32-30-28-26-24-22-20-18-16-14-12-10-8-6-4-2/h17-20,38H,3-16,21-37H2,1-2H3,(H,43,44)(H2,42,47,48)/t38-/m1/s1. The Bertz CT molecular complexity index is 972.